The minimum atomic E-state index is 0.327. The molecule has 2 atom stereocenters. The Kier molecular flexibility index (Phi) is 9.36. The number of hydrogen-bond acceptors (Lipinski definition) is 1. The fraction of sp³-hybridized carbons (Fsp3) is 0.500. The van der Waals surface area contributed by atoms with Gasteiger partial charge >= 0.3 is 0 Å². The number of hydrogen-bond donors (Lipinski definition) is 0. The maximum Gasteiger partial charge on any atom is 0.0619 e. The Bertz CT molecular complexity index is 497. The van der Waals surface area contributed by atoms with Crippen molar-refractivity contribution in [3.05, 3.63) is 71.8 Å². The molecule has 136 valence electrons. The summed E-state index contributed by atoms with van der Waals surface area (Å²) >= 11 is 0. The van der Waals surface area contributed by atoms with Crippen molar-refractivity contribution >= 4 is 0 Å². The Morgan fingerprint density at radius 2 is 1.04 bits per heavy atom. The van der Waals surface area contributed by atoms with E-state index in [2.05, 4.69) is 74.5 Å². The molecule has 0 aliphatic heterocycles. The van der Waals surface area contributed by atoms with Crippen LogP contribution in [-0.4, -0.2) is 12.2 Å². The molecule has 25 heavy (non-hydrogen) atoms. The molecular formula is C24H34O. The van der Waals surface area contributed by atoms with E-state index >= 15 is 0 Å². The van der Waals surface area contributed by atoms with Gasteiger partial charge in [-0.1, -0.05) is 100 Å². The fourth-order valence-electron chi connectivity index (χ4n) is 3.33. The van der Waals surface area contributed by atoms with E-state index in [1.54, 1.807) is 0 Å². The molecule has 0 N–H and O–H groups in total. The van der Waals surface area contributed by atoms with Crippen molar-refractivity contribution in [3.63, 3.8) is 0 Å². The quantitative estimate of drug-likeness (QED) is 0.423. The zero-order chi connectivity index (χ0) is 17.7. The molecule has 0 aliphatic carbocycles. The van der Waals surface area contributed by atoms with Crippen molar-refractivity contribution in [2.45, 2.75) is 77.4 Å². The third-order valence-corrected chi connectivity index (χ3v) is 4.76. The molecule has 0 radical (unpaired) electrons. The largest absolute Gasteiger partial charge is 0.374 e. The molecule has 0 aliphatic rings. The summed E-state index contributed by atoms with van der Waals surface area (Å²) in [6.07, 6.45) is 9.95. The lowest BCUT2D eigenvalue weighted by Gasteiger charge is -2.25. The average molecular weight is 339 g/mol. The van der Waals surface area contributed by atoms with Crippen molar-refractivity contribution in [2.24, 2.45) is 0 Å². The van der Waals surface area contributed by atoms with E-state index in [0.717, 1.165) is 25.7 Å². The van der Waals surface area contributed by atoms with Crippen molar-refractivity contribution < 1.29 is 4.74 Å². The fourth-order valence-corrected chi connectivity index (χ4v) is 3.33. The van der Waals surface area contributed by atoms with Crippen LogP contribution in [0.2, 0.25) is 0 Å². The second-order valence-electron chi connectivity index (χ2n) is 7.04. The Hall–Kier alpha value is -1.60. The topological polar surface area (TPSA) is 9.23 Å². The molecule has 0 amide bonds. The van der Waals surface area contributed by atoms with Gasteiger partial charge in [-0.25, -0.2) is 0 Å². The summed E-state index contributed by atoms with van der Waals surface area (Å²) in [6.45, 7) is 4.52. The van der Waals surface area contributed by atoms with Crippen LogP contribution < -0.4 is 0 Å². The van der Waals surface area contributed by atoms with Crippen molar-refractivity contribution in [2.75, 3.05) is 0 Å². The molecule has 0 bridgehead atoms. The predicted octanol–water partition coefficient (Wildman–Crippen LogP) is 6.61. The molecule has 0 spiro atoms. The Morgan fingerprint density at radius 1 is 0.640 bits per heavy atom. The molecule has 0 heterocycles. The third-order valence-electron chi connectivity index (χ3n) is 4.76. The number of benzene rings is 2. The van der Waals surface area contributed by atoms with Crippen molar-refractivity contribution in [1.29, 1.82) is 0 Å². The van der Waals surface area contributed by atoms with Crippen LogP contribution in [0.25, 0.3) is 0 Å². The van der Waals surface area contributed by atoms with Gasteiger partial charge in [-0.2, -0.15) is 0 Å². The molecule has 1 heteroatoms. The lowest BCUT2D eigenvalue weighted by atomic mass is 10.0. The highest BCUT2D eigenvalue weighted by Gasteiger charge is 2.17. The van der Waals surface area contributed by atoms with Crippen LogP contribution in [0.5, 0.6) is 0 Å². The van der Waals surface area contributed by atoms with Crippen LogP contribution >= 0.6 is 0 Å². The van der Waals surface area contributed by atoms with Gasteiger partial charge in [-0.3, -0.25) is 0 Å². The number of ether oxygens (including phenoxy) is 1. The number of unbranched alkanes of at least 4 members (excludes halogenated alkanes) is 2. The zero-order valence-electron chi connectivity index (χ0n) is 16.0. The van der Waals surface area contributed by atoms with E-state index in [1.165, 1.54) is 36.8 Å². The van der Waals surface area contributed by atoms with Gasteiger partial charge in [0.05, 0.1) is 12.2 Å². The van der Waals surface area contributed by atoms with Crippen LogP contribution in [0.15, 0.2) is 60.7 Å². The van der Waals surface area contributed by atoms with Crippen LogP contribution in [0.4, 0.5) is 0 Å². The minimum absolute atomic E-state index is 0.327. The zero-order valence-corrected chi connectivity index (χ0v) is 16.0. The molecular weight excluding hydrogens is 304 g/mol. The van der Waals surface area contributed by atoms with Crippen LogP contribution in [0.1, 0.15) is 63.5 Å². The summed E-state index contributed by atoms with van der Waals surface area (Å²) in [5.74, 6) is 0. The van der Waals surface area contributed by atoms with Gasteiger partial charge in [0, 0.05) is 0 Å². The highest BCUT2D eigenvalue weighted by molar-refractivity contribution is 5.16. The van der Waals surface area contributed by atoms with Gasteiger partial charge in [-0.05, 0) is 36.8 Å². The maximum atomic E-state index is 6.66. The molecule has 2 aromatic rings. The predicted molar refractivity (Wildman–Crippen MR) is 108 cm³/mol. The van der Waals surface area contributed by atoms with Gasteiger partial charge in [0.15, 0.2) is 0 Å². The normalized spacial score (nSPS) is 13.5. The smallest absolute Gasteiger partial charge is 0.0619 e. The summed E-state index contributed by atoms with van der Waals surface area (Å²) in [4.78, 5) is 0. The highest BCUT2D eigenvalue weighted by Crippen LogP contribution is 2.19. The lowest BCUT2D eigenvalue weighted by Crippen LogP contribution is -2.26. The minimum Gasteiger partial charge on any atom is -0.374 e. The second-order valence-corrected chi connectivity index (χ2v) is 7.04. The van der Waals surface area contributed by atoms with E-state index in [-0.39, 0.29) is 0 Å². The number of rotatable bonds is 12. The summed E-state index contributed by atoms with van der Waals surface area (Å²) in [6, 6.07) is 21.6. The van der Waals surface area contributed by atoms with Crippen LogP contribution in [0, 0.1) is 0 Å². The van der Waals surface area contributed by atoms with E-state index in [9.17, 15) is 0 Å². The van der Waals surface area contributed by atoms with E-state index in [0.29, 0.717) is 12.2 Å². The van der Waals surface area contributed by atoms with Crippen molar-refractivity contribution in [1.82, 2.24) is 0 Å². The lowest BCUT2D eigenvalue weighted by molar-refractivity contribution is -0.0213. The van der Waals surface area contributed by atoms with E-state index in [4.69, 9.17) is 4.74 Å². The first-order chi connectivity index (χ1) is 12.3. The van der Waals surface area contributed by atoms with Gasteiger partial charge in [0.2, 0.25) is 0 Å². The first-order valence-electron chi connectivity index (χ1n) is 10.0. The standard InChI is InChI=1S/C24H34O/c1-3-5-17-23(19-21-13-9-7-10-14-21)25-24(18-6-4-2)20-22-15-11-8-12-16-22/h7-16,23-24H,3-6,17-20H2,1-2H3. The van der Waals surface area contributed by atoms with Crippen LogP contribution in [0.3, 0.4) is 0 Å². The monoisotopic (exact) mass is 338 g/mol. The first-order valence-corrected chi connectivity index (χ1v) is 10.0. The average Bonchev–Trinajstić information content (AvgIpc) is 2.66. The molecule has 0 aromatic heterocycles. The second kappa shape index (κ2) is 11.9. The maximum absolute atomic E-state index is 6.66. The molecule has 2 unspecified atom stereocenters. The molecule has 0 fully saturated rings. The summed E-state index contributed by atoms with van der Waals surface area (Å²) in [5, 5.41) is 0. The summed E-state index contributed by atoms with van der Waals surface area (Å²) < 4.78 is 6.66. The Labute approximate surface area is 154 Å². The van der Waals surface area contributed by atoms with Gasteiger partial charge in [0.25, 0.3) is 0 Å². The van der Waals surface area contributed by atoms with E-state index < -0.39 is 0 Å². The summed E-state index contributed by atoms with van der Waals surface area (Å²) in [5.41, 5.74) is 2.77. The Morgan fingerprint density at radius 3 is 1.40 bits per heavy atom. The van der Waals surface area contributed by atoms with Gasteiger partial charge in [-0.15, -0.1) is 0 Å². The first kappa shape index (κ1) is 19.7. The molecule has 0 saturated heterocycles. The van der Waals surface area contributed by atoms with Gasteiger partial charge in [0.1, 0.15) is 0 Å². The molecule has 2 rings (SSSR count). The Balaban J connectivity index is 2.01. The molecule has 1 nitrogen and oxygen atoms in total. The van der Waals surface area contributed by atoms with Crippen molar-refractivity contribution in [3.8, 4) is 0 Å². The molecule has 2 aromatic carbocycles. The van der Waals surface area contributed by atoms with E-state index in [1.807, 2.05) is 0 Å². The third kappa shape index (κ3) is 7.88. The summed E-state index contributed by atoms with van der Waals surface area (Å²) in [7, 11) is 0. The highest BCUT2D eigenvalue weighted by atomic mass is 16.5. The van der Waals surface area contributed by atoms with Gasteiger partial charge < -0.3 is 4.74 Å². The van der Waals surface area contributed by atoms with Crippen LogP contribution in [-0.2, 0) is 17.6 Å². The SMILES string of the molecule is CCCCC(Cc1ccccc1)OC(CCCC)Cc1ccccc1. The molecule has 0 saturated carbocycles.